The quantitative estimate of drug-likeness (QED) is 0.725. The van der Waals surface area contributed by atoms with E-state index in [1.54, 1.807) is 7.11 Å². The maximum Gasteiger partial charge on any atom is 0.220 e. The highest BCUT2D eigenvalue weighted by Crippen LogP contribution is 2.70. The molecule has 5 atom stereocenters. The number of methoxy groups -OCH3 is 1. The van der Waals surface area contributed by atoms with Crippen molar-refractivity contribution in [3.63, 3.8) is 0 Å². The maximum absolute atomic E-state index is 12.9. The van der Waals surface area contributed by atoms with E-state index in [0.717, 1.165) is 24.2 Å². The van der Waals surface area contributed by atoms with E-state index in [4.69, 9.17) is 18.9 Å². The molecule has 1 spiro atoms. The Morgan fingerprint density at radius 2 is 2.00 bits per heavy atom. The first kappa shape index (κ1) is 21.9. The van der Waals surface area contributed by atoms with E-state index in [1.165, 1.54) is 6.42 Å². The molecule has 2 heterocycles. The molecule has 6 nitrogen and oxygen atoms in total. The van der Waals surface area contributed by atoms with Gasteiger partial charge in [0, 0.05) is 19.1 Å². The third-order valence-electron chi connectivity index (χ3n) is 8.58. The van der Waals surface area contributed by atoms with Crippen LogP contribution in [-0.2, 0) is 9.53 Å². The van der Waals surface area contributed by atoms with E-state index < -0.39 is 0 Å². The van der Waals surface area contributed by atoms with Crippen molar-refractivity contribution < 1.29 is 23.7 Å². The molecule has 2 bridgehead atoms. The SMILES string of the molecule is COc1cc([C@H]2OCCC34C[C@@H](C[C@H]23)C(C)(C)[C@H]4NC(=O)CC(C)C)cc2c1OCCO2. The molecular formula is C26H37NO5. The number of hydrogen-bond acceptors (Lipinski definition) is 5. The van der Waals surface area contributed by atoms with Crippen molar-refractivity contribution in [2.75, 3.05) is 26.9 Å². The van der Waals surface area contributed by atoms with Crippen LogP contribution in [0.3, 0.4) is 0 Å². The lowest BCUT2D eigenvalue weighted by Gasteiger charge is -2.53. The molecule has 3 fully saturated rings. The molecule has 6 heteroatoms. The van der Waals surface area contributed by atoms with E-state index in [2.05, 4.69) is 45.1 Å². The van der Waals surface area contributed by atoms with Crippen LogP contribution in [0.15, 0.2) is 12.1 Å². The van der Waals surface area contributed by atoms with Gasteiger partial charge in [-0.15, -0.1) is 0 Å². The molecule has 0 aromatic heterocycles. The summed E-state index contributed by atoms with van der Waals surface area (Å²) in [5.74, 6) is 3.61. The van der Waals surface area contributed by atoms with Crippen LogP contribution in [0, 0.1) is 28.6 Å². The first-order valence-corrected chi connectivity index (χ1v) is 12.1. The van der Waals surface area contributed by atoms with Crippen molar-refractivity contribution >= 4 is 5.91 Å². The Morgan fingerprint density at radius 1 is 1.22 bits per heavy atom. The molecule has 1 aromatic rings. The lowest BCUT2D eigenvalue weighted by molar-refractivity contribution is -0.137. The number of ether oxygens (including phenoxy) is 4. The van der Waals surface area contributed by atoms with E-state index in [9.17, 15) is 4.79 Å². The van der Waals surface area contributed by atoms with Gasteiger partial charge in [0.1, 0.15) is 13.2 Å². The molecule has 0 radical (unpaired) electrons. The molecule has 2 aliphatic heterocycles. The fraction of sp³-hybridized carbons (Fsp3) is 0.731. The Morgan fingerprint density at radius 3 is 2.75 bits per heavy atom. The minimum absolute atomic E-state index is 0.0286. The molecule has 1 saturated heterocycles. The van der Waals surface area contributed by atoms with Gasteiger partial charge in [-0.3, -0.25) is 4.79 Å². The van der Waals surface area contributed by atoms with E-state index >= 15 is 0 Å². The van der Waals surface area contributed by atoms with Gasteiger partial charge in [0.05, 0.1) is 13.2 Å². The average molecular weight is 444 g/mol. The molecule has 5 rings (SSSR count). The van der Waals surface area contributed by atoms with Crippen LogP contribution in [0.25, 0.3) is 0 Å². The number of carbonyl (C=O) groups excluding carboxylic acids is 1. The van der Waals surface area contributed by atoms with Crippen LogP contribution in [0.5, 0.6) is 17.2 Å². The summed E-state index contributed by atoms with van der Waals surface area (Å²) in [6.07, 6.45) is 3.85. The molecule has 176 valence electrons. The summed E-state index contributed by atoms with van der Waals surface area (Å²) < 4.78 is 23.8. The van der Waals surface area contributed by atoms with E-state index in [-0.39, 0.29) is 28.9 Å². The standard InChI is InChI=1S/C26H37NO5/c1-15(2)10-21(28)27-24-25(3,4)17-13-18-22(31-7-6-26(18,24)14-17)16-11-19(29-5)23-20(12-16)30-8-9-32-23/h11-12,15,17-18,22,24H,6-10,13-14H2,1-5H3,(H,27,28)/t17-,18-,22-,24-,26?/m1/s1. The molecule has 2 aliphatic carbocycles. The zero-order valence-corrected chi connectivity index (χ0v) is 20.0. The van der Waals surface area contributed by atoms with Crippen molar-refractivity contribution in [1.29, 1.82) is 0 Å². The summed E-state index contributed by atoms with van der Waals surface area (Å²) in [6, 6.07) is 4.31. The summed E-state index contributed by atoms with van der Waals surface area (Å²) in [5.41, 5.74) is 1.26. The van der Waals surface area contributed by atoms with Gasteiger partial charge in [-0.05, 0) is 65.5 Å². The van der Waals surface area contributed by atoms with Crippen LogP contribution in [-0.4, -0.2) is 38.9 Å². The highest BCUT2D eigenvalue weighted by atomic mass is 16.6. The zero-order valence-electron chi connectivity index (χ0n) is 20.0. The normalized spacial score (nSPS) is 34.3. The third-order valence-corrected chi connectivity index (χ3v) is 8.58. The Bertz CT molecular complexity index is 879. The lowest BCUT2D eigenvalue weighted by Crippen LogP contribution is -2.59. The number of hydrogen-bond donors (Lipinski definition) is 1. The monoisotopic (exact) mass is 443 g/mol. The van der Waals surface area contributed by atoms with Crippen LogP contribution in [0.2, 0.25) is 0 Å². The lowest BCUT2D eigenvalue weighted by atomic mass is 9.58. The van der Waals surface area contributed by atoms with Crippen LogP contribution >= 0.6 is 0 Å². The van der Waals surface area contributed by atoms with E-state index in [1.807, 2.05) is 0 Å². The van der Waals surface area contributed by atoms with Gasteiger partial charge in [-0.2, -0.15) is 0 Å². The predicted molar refractivity (Wildman–Crippen MR) is 121 cm³/mol. The summed E-state index contributed by atoms with van der Waals surface area (Å²) in [7, 11) is 1.67. The number of benzene rings is 1. The van der Waals surface area contributed by atoms with Gasteiger partial charge in [0.25, 0.3) is 0 Å². The van der Waals surface area contributed by atoms with Gasteiger partial charge in [0.15, 0.2) is 11.5 Å². The minimum atomic E-state index is -0.0286. The van der Waals surface area contributed by atoms with Crippen molar-refractivity contribution in [1.82, 2.24) is 5.32 Å². The molecule has 1 aromatic carbocycles. The smallest absolute Gasteiger partial charge is 0.220 e. The fourth-order valence-corrected chi connectivity index (χ4v) is 7.17. The molecular weight excluding hydrogens is 406 g/mol. The second kappa shape index (κ2) is 7.82. The molecule has 4 aliphatic rings. The Labute approximate surface area is 191 Å². The number of carbonyl (C=O) groups is 1. The largest absolute Gasteiger partial charge is 0.493 e. The first-order valence-electron chi connectivity index (χ1n) is 12.1. The van der Waals surface area contributed by atoms with Crippen molar-refractivity contribution in [3.8, 4) is 17.2 Å². The topological polar surface area (TPSA) is 66.0 Å². The third kappa shape index (κ3) is 3.28. The number of fused-ring (bicyclic) bond motifs is 2. The van der Waals surface area contributed by atoms with Crippen LogP contribution in [0.4, 0.5) is 0 Å². The second-order valence-corrected chi connectivity index (χ2v) is 11.2. The summed E-state index contributed by atoms with van der Waals surface area (Å²) in [6.45, 7) is 10.7. The highest BCUT2D eigenvalue weighted by Gasteiger charge is 2.68. The first-order chi connectivity index (χ1) is 15.3. The van der Waals surface area contributed by atoms with Gasteiger partial charge >= 0.3 is 0 Å². The molecule has 1 unspecified atom stereocenters. The number of nitrogens with one attached hydrogen (secondary N) is 1. The highest BCUT2D eigenvalue weighted by molar-refractivity contribution is 5.76. The minimum Gasteiger partial charge on any atom is -0.493 e. The average Bonchev–Trinajstić information content (AvgIpc) is 3.24. The molecule has 32 heavy (non-hydrogen) atoms. The van der Waals surface area contributed by atoms with E-state index in [0.29, 0.717) is 55.5 Å². The zero-order chi connectivity index (χ0) is 22.7. The Kier molecular flexibility index (Phi) is 5.35. The number of amides is 1. The van der Waals surface area contributed by atoms with Gasteiger partial charge in [0.2, 0.25) is 11.7 Å². The molecule has 1 N–H and O–H groups in total. The van der Waals surface area contributed by atoms with Gasteiger partial charge in [-0.1, -0.05) is 27.7 Å². The van der Waals surface area contributed by atoms with Crippen molar-refractivity contribution in [2.45, 2.75) is 65.5 Å². The fourth-order valence-electron chi connectivity index (χ4n) is 7.17. The van der Waals surface area contributed by atoms with Crippen LogP contribution < -0.4 is 19.5 Å². The number of rotatable bonds is 5. The Hall–Kier alpha value is -1.95. The van der Waals surface area contributed by atoms with Crippen molar-refractivity contribution in [2.24, 2.45) is 28.6 Å². The molecule has 1 amide bonds. The van der Waals surface area contributed by atoms with Gasteiger partial charge in [-0.25, -0.2) is 0 Å². The maximum atomic E-state index is 12.9. The summed E-state index contributed by atoms with van der Waals surface area (Å²) in [5, 5.41) is 3.50. The summed E-state index contributed by atoms with van der Waals surface area (Å²) >= 11 is 0. The van der Waals surface area contributed by atoms with Crippen molar-refractivity contribution in [3.05, 3.63) is 17.7 Å². The van der Waals surface area contributed by atoms with Gasteiger partial charge < -0.3 is 24.3 Å². The second-order valence-electron chi connectivity index (χ2n) is 11.2. The van der Waals surface area contributed by atoms with Crippen LogP contribution in [0.1, 0.15) is 65.0 Å². The molecule has 2 saturated carbocycles. The Balaban J connectivity index is 1.48. The predicted octanol–water partition coefficient (Wildman–Crippen LogP) is 4.51. The summed E-state index contributed by atoms with van der Waals surface area (Å²) in [4.78, 5) is 12.9.